The fourth-order valence-electron chi connectivity index (χ4n) is 4.57. The largest absolute Gasteiger partial charge is 0.437 e. The maximum atomic E-state index is 6.44. The Morgan fingerprint density at radius 2 is 1.65 bits per heavy atom. The number of benzene rings is 1. The SMILES string of the molecule is Cc1ccc2c(oc3nc(C(C)C)ccc32)c1-c1cc(CC(C)C)c(C(C)C)c[n+]1C. The summed E-state index contributed by atoms with van der Waals surface area (Å²) in [4.78, 5) is 4.82. The molecule has 3 heterocycles. The molecule has 0 bridgehead atoms. The molecule has 4 rings (SSSR count). The zero-order chi connectivity index (χ0) is 22.4. The summed E-state index contributed by atoms with van der Waals surface area (Å²) in [6.07, 6.45) is 3.39. The van der Waals surface area contributed by atoms with Crippen molar-refractivity contribution in [3.8, 4) is 11.3 Å². The number of nitrogens with zero attached hydrogens (tertiary/aromatic N) is 2. The van der Waals surface area contributed by atoms with E-state index in [1.165, 1.54) is 27.9 Å². The molecule has 0 saturated carbocycles. The van der Waals surface area contributed by atoms with Crippen LogP contribution in [0.15, 0.2) is 40.9 Å². The summed E-state index contributed by atoms with van der Waals surface area (Å²) >= 11 is 0. The van der Waals surface area contributed by atoms with Gasteiger partial charge in [0.2, 0.25) is 11.4 Å². The Balaban J connectivity index is 2.01. The number of aromatic nitrogens is 2. The van der Waals surface area contributed by atoms with Crippen LogP contribution in [-0.2, 0) is 13.5 Å². The fraction of sp³-hybridized carbons (Fsp3) is 0.429. The summed E-state index contributed by atoms with van der Waals surface area (Å²) in [5.74, 6) is 1.48. The molecule has 0 aliphatic carbocycles. The summed E-state index contributed by atoms with van der Waals surface area (Å²) in [6.45, 7) is 15.6. The third kappa shape index (κ3) is 3.86. The van der Waals surface area contributed by atoms with Crippen LogP contribution in [0, 0.1) is 12.8 Å². The Morgan fingerprint density at radius 3 is 2.29 bits per heavy atom. The Hall–Kier alpha value is -2.68. The van der Waals surface area contributed by atoms with E-state index in [4.69, 9.17) is 9.40 Å². The first kappa shape index (κ1) is 21.5. The van der Waals surface area contributed by atoms with Crippen LogP contribution in [0.5, 0.6) is 0 Å². The summed E-state index contributed by atoms with van der Waals surface area (Å²) in [6, 6.07) is 11.1. The van der Waals surface area contributed by atoms with Crippen molar-refractivity contribution in [2.75, 3.05) is 0 Å². The van der Waals surface area contributed by atoms with Gasteiger partial charge >= 0.3 is 0 Å². The van der Waals surface area contributed by atoms with E-state index < -0.39 is 0 Å². The average molecular weight is 416 g/mol. The van der Waals surface area contributed by atoms with E-state index in [-0.39, 0.29) is 0 Å². The van der Waals surface area contributed by atoms with E-state index in [1.54, 1.807) is 0 Å². The topological polar surface area (TPSA) is 29.9 Å². The van der Waals surface area contributed by atoms with E-state index in [1.807, 2.05) is 0 Å². The molecule has 0 unspecified atom stereocenters. The summed E-state index contributed by atoms with van der Waals surface area (Å²) in [7, 11) is 2.15. The van der Waals surface area contributed by atoms with Crippen molar-refractivity contribution >= 4 is 22.1 Å². The van der Waals surface area contributed by atoms with E-state index in [0.717, 1.165) is 34.2 Å². The van der Waals surface area contributed by atoms with Gasteiger partial charge in [-0.2, -0.15) is 0 Å². The molecule has 0 radical (unpaired) electrons. The Bertz CT molecular complexity index is 1260. The quantitative estimate of drug-likeness (QED) is 0.322. The second kappa shape index (κ2) is 8.11. The summed E-state index contributed by atoms with van der Waals surface area (Å²) in [5.41, 5.74) is 9.19. The highest BCUT2D eigenvalue weighted by atomic mass is 16.3. The van der Waals surface area contributed by atoms with Gasteiger partial charge < -0.3 is 4.42 Å². The van der Waals surface area contributed by atoms with Crippen LogP contribution in [0.2, 0.25) is 0 Å². The lowest BCUT2D eigenvalue weighted by molar-refractivity contribution is -0.660. The molecule has 4 aromatic rings. The van der Waals surface area contributed by atoms with Crippen molar-refractivity contribution in [1.82, 2.24) is 4.98 Å². The first-order chi connectivity index (χ1) is 14.7. The van der Waals surface area contributed by atoms with Crippen LogP contribution >= 0.6 is 0 Å². The highest BCUT2D eigenvalue weighted by Crippen LogP contribution is 2.37. The molecule has 0 spiro atoms. The van der Waals surface area contributed by atoms with Crippen LogP contribution in [0.1, 0.15) is 75.8 Å². The number of fused-ring (bicyclic) bond motifs is 3. The van der Waals surface area contributed by atoms with Crippen molar-refractivity contribution in [2.24, 2.45) is 13.0 Å². The van der Waals surface area contributed by atoms with Crippen LogP contribution in [0.4, 0.5) is 0 Å². The lowest BCUT2D eigenvalue weighted by Crippen LogP contribution is -2.32. The van der Waals surface area contributed by atoms with Crippen molar-refractivity contribution in [2.45, 2.75) is 66.7 Å². The van der Waals surface area contributed by atoms with Gasteiger partial charge in [-0.25, -0.2) is 9.55 Å². The molecule has 162 valence electrons. The second-order valence-electron chi connectivity index (χ2n) is 9.98. The zero-order valence-corrected chi connectivity index (χ0v) is 20.2. The number of aryl methyl sites for hydroxylation is 2. The van der Waals surface area contributed by atoms with Gasteiger partial charge in [0, 0.05) is 28.1 Å². The van der Waals surface area contributed by atoms with E-state index in [9.17, 15) is 0 Å². The van der Waals surface area contributed by atoms with Crippen molar-refractivity contribution in [3.63, 3.8) is 0 Å². The summed E-state index contributed by atoms with van der Waals surface area (Å²) in [5, 5.41) is 2.22. The minimum absolute atomic E-state index is 0.374. The second-order valence-corrected chi connectivity index (χ2v) is 9.98. The van der Waals surface area contributed by atoms with Gasteiger partial charge in [0.1, 0.15) is 7.05 Å². The average Bonchev–Trinajstić information content (AvgIpc) is 3.06. The molecular weight excluding hydrogens is 380 g/mol. The van der Waals surface area contributed by atoms with E-state index >= 15 is 0 Å². The molecule has 3 aromatic heterocycles. The Kier molecular flexibility index (Phi) is 5.63. The molecule has 0 aliphatic heterocycles. The third-order valence-electron chi connectivity index (χ3n) is 6.23. The van der Waals surface area contributed by atoms with Crippen LogP contribution in [-0.4, -0.2) is 4.98 Å². The first-order valence-corrected chi connectivity index (χ1v) is 11.5. The van der Waals surface area contributed by atoms with Crippen LogP contribution in [0.3, 0.4) is 0 Å². The van der Waals surface area contributed by atoms with Gasteiger partial charge in [0.15, 0.2) is 11.8 Å². The number of pyridine rings is 2. The lowest BCUT2D eigenvalue weighted by atomic mass is 9.91. The normalized spacial score (nSPS) is 12.2. The maximum Gasteiger partial charge on any atom is 0.227 e. The standard InChI is InChI=1S/C28H35N2O/c1-16(2)13-20-14-25(30(8)15-23(20)17(3)4)26-19(7)9-10-21-22-11-12-24(18(5)6)29-28(22)31-27(21)26/h9-12,14-18H,13H2,1-8H3/q+1. The molecule has 31 heavy (non-hydrogen) atoms. The van der Waals surface area contributed by atoms with Gasteiger partial charge in [0.05, 0.1) is 5.56 Å². The minimum Gasteiger partial charge on any atom is -0.437 e. The predicted molar refractivity (Wildman–Crippen MR) is 130 cm³/mol. The van der Waals surface area contributed by atoms with Crippen molar-refractivity contribution in [3.05, 3.63) is 58.9 Å². The highest BCUT2D eigenvalue weighted by molar-refractivity contribution is 6.08. The smallest absolute Gasteiger partial charge is 0.227 e. The maximum absolute atomic E-state index is 6.44. The van der Waals surface area contributed by atoms with Crippen molar-refractivity contribution < 1.29 is 8.98 Å². The lowest BCUT2D eigenvalue weighted by Gasteiger charge is -2.15. The fourth-order valence-corrected chi connectivity index (χ4v) is 4.57. The molecule has 0 aliphatic rings. The van der Waals surface area contributed by atoms with Gasteiger partial charge in [-0.15, -0.1) is 0 Å². The molecule has 3 heteroatoms. The number of furan rings is 1. The Morgan fingerprint density at radius 1 is 0.935 bits per heavy atom. The number of hydrogen-bond acceptors (Lipinski definition) is 2. The van der Waals surface area contributed by atoms with Crippen molar-refractivity contribution in [1.29, 1.82) is 0 Å². The van der Waals surface area contributed by atoms with E-state index in [2.05, 4.69) is 96.6 Å². The molecular formula is C28H35N2O+. The predicted octanol–water partition coefficient (Wildman–Crippen LogP) is 7.23. The van der Waals surface area contributed by atoms with Crippen LogP contribution in [0.25, 0.3) is 33.3 Å². The summed E-state index contributed by atoms with van der Waals surface area (Å²) < 4.78 is 8.70. The van der Waals surface area contributed by atoms with Gasteiger partial charge in [-0.3, -0.25) is 0 Å². The molecule has 0 N–H and O–H groups in total. The molecule has 1 aromatic carbocycles. The number of rotatable bonds is 5. The first-order valence-electron chi connectivity index (χ1n) is 11.5. The minimum atomic E-state index is 0.374. The number of hydrogen-bond donors (Lipinski definition) is 0. The Labute approximate surface area is 186 Å². The molecule has 0 saturated heterocycles. The molecule has 0 amide bonds. The monoisotopic (exact) mass is 415 g/mol. The molecule has 0 fully saturated rings. The van der Waals surface area contributed by atoms with E-state index in [0.29, 0.717) is 17.8 Å². The molecule has 0 atom stereocenters. The third-order valence-corrected chi connectivity index (χ3v) is 6.23. The molecule has 3 nitrogen and oxygen atoms in total. The zero-order valence-electron chi connectivity index (χ0n) is 20.2. The van der Waals surface area contributed by atoms with Gasteiger partial charge in [0.25, 0.3) is 0 Å². The highest BCUT2D eigenvalue weighted by Gasteiger charge is 2.24. The van der Waals surface area contributed by atoms with Crippen LogP contribution < -0.4 is 4.57 Å². The van der Waals surface area contributed by atoms with Gasteiger partial charge in [-0.05, 0) is 54.4 Å². The van der Waals surface area contributed by atoms with Gasteiger partial charge in [-0.1, -0.05) is 53.7 Å².